The maximum atomic E-state index is 13.4. The monoisotopic (exact) mass is 388 g/mol. The molecular weight excluding hydrogens is 364 g/mol. The summed E-state index contributed by atoms with van der Waals surface area (Å²) in [5.74, 6) is 1.45. The average Bonchev–Trinajstić information content (AvgIpc) is 3.23. The number of ether oxygens (including phenoxy) is 1. The third kappa shape index (κ3) is 3.63. The van der Waals surface area contributed by atoms with Crippen LogP contribution >= 0.6 is 0 Å². The zero-order chi connectivity index (χ0) is 20.4. The summed E-state index contributed by atoms with van der Waals surface area (Å²) in [6.07, 6.45) is 1.62. The highest BCUT2D eigenvalue weighted by atomic mass is 16.5. The third-order valence-electron chi connectivity index (χ3n) is 5.12. The molecule has 29 heavy (non-hydrogen) atoms. The number of anilines is 1. The van der Waals surface area contributed by atoms with E-state index in [0.717, 1.165) is 28.3 Å². The van der Waals surface area contributed by atoms with Crippen LogP contribution in [0.25, 0.3) is 0 Å². The number of hydrogen-bond donors (Lipinski definition) is 1. The molecule has 5 nitrogen and oxygen atoms in total. The van der Waals surface area contributed by atoms with Crippen LogP contribution in [0.4, 0.5) is 5.69 Å². The molecule has 0 saturated carbocycles. The van der Waals surface area contributed by atoms with Crippen LogP contribution in [-0.2, 0) is 12.2 Å². The molecule has 3 aromatic rings. The maximum Gasteiger partial charge on any atom is 0.258 e. The quantitative estimate of drug-likeness (QED) is 0.592. The van der Waals surface area contributed by atoms with E-state index >= 15 is 0 Å². The van der Waals surface area contributed by atoms with E-state index in [1.54, 1.807) is 11.2 Å². The van der Waals surface area contributed by atoms with Gasteiger partial charge < -0.3 is 19.4 Å². The van der Waals surface area contributed by atoms with Crippen molar-refractivity contribution < 1.29 is 13.9 Å². The van der Waals surface area contributed by atoms with Crippen LogP contribution in [0.2, 0.25) is 0 Å². The predicted octanol–water partition coefficient (Wildman–Crippen LogP) is 5.18. The lowest BCUT2D eigenvalue weighted by atomic mass is 9.93. The molecular formula is C24H24N2O3. The number of furan rings is 1. The van der Waals surface area contributed by atoms with E-state index in [2.05, 4.69) is 11.9 Å². The molecule has 1 atom stereocenters. The Bertz CT molecular complexity index is 1020. The number of fused-ring (bicyclic) bond motifs is 1. The molecule has 2 heterocycles. The molecule has 0 bridgehead atoms. The van der Waals surface area contributed by atoms with Gasteiger partial charge in [0.05, 0.1) is 18.4 Å². The molecule has 1 unspecified atom stereocenters. The first-order valence-corrected chi connectivity index (χ1v) is 9.56. The summed E-state index contributed by atoms with van der Waals surface area (Å²) in [6.45, 7) is 8.63. The summed E-state index contributed by atoms with van der Waals surface area (Å²) in [7, 11) is 0. The minimum absolute atomic E-state index is 0.0409. The van der Waals surface area contributed by atoms with Gasteiger partial charge in [-0.15, -0.1) is 0 Å². The van der Waals surface area contributed by atoms with Crippen LogP contribution in [-0.4, -0.2) is 17.4 Å². The van der Waals surface area contributed by atoms with E-state index in [0.29, 0.717) is 18.7 Å². The van der Waals surface area contributed by atoms with Gasteiger partial charge in [-0.3, -0.25) is 4.79 Å². The van der Waals surface area contributed by atoms with Gasteiger partial charge in [0.15, 0.2) is 0 Å². The number of nitrogens with one attached hydrogen (secondary N) is 1. The average molecular weight is 388 g/mol. The van der Waals surface area contributed by atoms with Crippen LogP contribution in [0.15, 0.2) is 83.5 Å². The Hall–Kier alpha value is -3.47. The standard InChI is InChI=1S/C24H24N2O3/c1-17(2)16-29-19-12-10-18(11-13-19)24(3)25-22-9-5-4-8-21(22)23(27)26(24)15-20-7-6-14-28-20/h4-14,25H,1,15-16H2,2-3H3. The van der Waals surface area contributed by atoms with Crippen LogP contribution in [0.5, 0.6) is 5.75 Å². The number of para-hydroxylation sites is 1. The summed E-state index contributed by atoms with van der Waals surface area (Å²) in [6, 6.07) is 19.1. The first kappa shape index (κ1) is 18.9. The fourth-order valence-electron chi connectivity index (χ4n) is 3.56. The molecule has 1 aliphatic rings. The Morgan fingerprint density at radius 1 is 1.14 bits per heavy atom. The van der Waals surface area contributed by atoms with Gasteiger partial charge in [-0.05, 0) is 61.4 Å². The van der Waals surface area contributed by atoms with Crippen LogP contribution in [0, 0.1) is 0 Å². The van der Waals surface area contributed by atoms with Crippen molar-refractivity contribution in [2.45, 2.75) is 26.1 Å². The molecule has 1 amide bonds. The lowest BCUT2D eigenvalue weighted by Crippen LogP contribution is -2.55. The number of carbonyl (C=O) groups is 1. The Morgan fingerprint density at radius 2 is 1.90 bits per heavy atom. The van der Waals surface area contributed by atoms with Gasteiger partial charge in [-0.1, -0.05) is 30.8 Å². The topological polar surface area (TPSA) is 54.7 Å². The van der Waals surface area contributed by atoms with Crippen molar-refractivity contribution in [2.24, 2.45) is 0 Å². The molecule has 148 valence electrons. The highest BCUT2D eigenvalue weighted by Gasteiger charge is 2.42. The molecule has 0 saturated heterocycles. The zero-order valence-corrected chi connectivity index (χ0v) is 16.6. The highest BCUT2D eigenvalue weighted by Crippen LogP contribution is 2.39. The molecule has 0 radical (unpaired) electrons. The lowest BCUT2D eigenvalue weighted by Gasteiger charge is -2.46. The first-order valence-electron chi connectivity index (χ1n) is 9.56. The second-order valence-electron chi connectivity index (χ2n) is 7.48. The van der Waals surface area contributed by atoms with Crippen molar-refractivity contribution in [3.05, 3.63) is 96.0 Å². The van der Waals surface area contributed by atoms with Crippen molar-refractivity contribution in [2.75, 3.05) is 11.9 Å². The third-order valence-corrected chi connectivity index (χ3v) is 5.12. The SMILES string of the molecule is C=C(C)COc1ccc(C2(C)Nc3ccccc3C(=O)N2Cc2ccco2)cc1. The molecule has 1 aromatic heterocycles. The smallest absolute Gasteiger partial charge is 0.258 e. The summed E-state index contributed by atoms with van der Waals surface area (Å²) in [5.41, 5.74) is 2.64. The zero-order valence-electron chi connectivity index (χ0n) is 16.6. The number of carbonyl (C=O) groups excluding carboxylic acids is 1. The van der Waals surface area contributed by atoms with Crippen LogP contribution in [0.1, 0.15) is 35.5 Å². The molecule has 1 N–H and O–H groups in total. The van der Waals surface area contributed by atoms with Gasteiger partial charge in [-0.25, -0.2) is 0 Å². The van der Waals surface area contributed by atoms with Crippen molar-refractivity contribution in [1.29, 1.82) is 0 Å². The van der Waals surface area contributed by atoms with Crippen LogP contribution in [0.3, 0.4) is 0 Å². The second kappa shape index (κ2) is 7.51. The second-order valence-corrected chi connectivity index (χ2v) is 7.48. The maximum absolute atomic E-state index is 13.4. The summed E-state index contributed by atoms with van der Waals surface area (Å²) in [5, 5.41) is 3.56. The summed E-state index contributed by atoms with van der Waals surface area (Å²) < 4.78 is 11.2. The van der Waals surface area contributed by atoms with Gasteiger partial charge in [0, 0.05) is 5.69 Å². The molecule has 0 aliphatic carbocycles. The van der Waals surface area contributed by atoms with Crippen molar-refractivity contribution in [1.82, 2.24) is 4.90 Å². The molecule has 4 rings (SSSR count). The molecule has 0 spiro atoms. The van der Waals surface area contributed by atoms with Crippen molar-refractivity contribution >= 4 is 11.6 Å². The Kier molecular flexibility index (Phi) is 4.89. The normalized spacial score (nSPS) is 18.1. The number of nitrogens with zero attached hydrogens (tertiary/aromatic N) is 1. The van der Waals surface area contributed by atoms with E-state index in [1.165, 1.54) is 0 Å². The minimum Gasteiger partial charge on any atom is -0.489 e. The summed E-state index contributed by atoms with van der Waals surface area (Å²) >= 11 is 0. The van der Waals surface area contributed by atoms with E-state index in [-0.39, 0.29) is 5.91 Å². The van der Waals surface area contributed by atoms with E-state index in [1.807, 2.05) is 74.5 Å². The fourth-order valence-corrected chi connectivity index (χ4v) is 3.56. The van der Waals surface area contributed by atoms with E-state index < -0.39 is 5.66 Å². The Labute approximate surface area is 170 Å². The fraction of sp³-hybridized carbons (Fsp3) is 0.208. The number of amides is 1. The number of rotatable bonds is 6. The predicted molar refractivity (Wildman–Crippen MR) is 113 cm³/mol. The number of hydrogen-bond acceptors (Lipinski definition) is 4. The highest BCUT2D eigenvalue weighted by molar-refractivity contribution is 6.02. The van der Waals surface area contributed by atoms with Crippen LogP contribution < -0.4 is 10.1 Å². The minimum atomic E-state index is -0.745. The van der Waals surface area contributed by atoms with Gasteiger partial charge in [-0.2, -0.15) is 0 Å². The van der Waals surface area contributed by atoms with Gasteiger partial charge in [0.1, 0.15) is 23.8 Å². The Morgan fingerprint density at radius 3 is 2.59 bits per heavy atom. The molecule has 1 aliphatic heterocycles. The van der Waals surface area contributed by atoms with Gasteiger partial charge in [0.2, 0.25) is 0 Å². The van der Waals surface area contributed by atoms with Crippen molar-refractivity contribution in [3.8, 4) is 5.75 Å². The molecule has 2 aromatic carbocycles. The molecule has 0 fully saturated rings. The first-order chi connectivity index (χ1) is 14.0. The summed E-state index contributed by atoms with van der Waals surface area (Å²) in [4.78, 5) is 15.2. The number of benzene rings is 2. The lowest BCUT2D eigenvalue weighted by molar-refractivity contribution is 0.0487. The molecule has 5 heteroatoms. The van der Waals surface area contributed by atoms with E-state index in [4.69, 9.17) is 9.15 Å². The van der Waals surface area contributed by atoms with E-state index in [9.17, 15) is 4.79 Å². The Balaban J connectivity index is 1.71. The van der Waals surface area contributed by atoms with Gasteiger partial charge in [0.25, 0.3) is 5.91 Å². The van der Waals surface area contributed by atoms with Gasteiger partial charge >= 0.3 is 0 Å². The van der Waals surface area contributed by atoms with Crippen molar-refractivity contribution in [3.63, 3.8) is 0 Å². The largest absolute Gasteiger partial charge is 0.489 e.